The first-order chi connectivity index (χ1) is 27.1. The van der Waals surface area contributed by atoms with Crippen LogP contribution in [0.3, 0.4) is 0 Å². The third kappa shape index (κ3) is 9.93. The number of fused-ring (bicyclic) bond motifs is 2. The second-order valence-electron chi connectivity index (χ2n) is 10.9. The van der Waals surface area contributed by atoms with Crippen molar-refractivity contribution in [3.8, 4) is 23.5 Å². The Labute approximate surface area is 333 Å². The summed E-state index contributed by atoms with van der Waals surface area (Å²) < 4.78 is 76.6. The minimum atomic E-state index is -4.43. The zero-order chi connectivity index (χ0) is 41.5. The number of hydrogen-bond acceptors (Lipinski definition) is 17. The van der Waals surface area contributed by atoms with Crippen molar-refractivity contribution in [3.63, 3.8) is 0 Å². The Kier molecular flexibility index (Phi) is 13.0. The van der Waals surface area contributed by atoms with Crippen molar-refractivity contribution >= 4 is 78.5 Å². The lowest BCUT2D eigenvalue weighted by Crippen LogP contribution is -2.35. The van der Waals surface area contributed by atoms with Crippen LogP contribution in [0, 0.1) is 0 Å². The van der Waals surface area contributed by atoms with Crippen molar-refractivity contribution in [2.24, 2.45) is 0 Å². The molecule has 0 saturated carbocycles. The van der Waals surface area contributed by atoms with E-state index in [-0.39, 0.29) is 56.4 Å². The molecule has 6 heterocycles. The number of aryl methyl sites for hydroxylation is 1. The predicted octanol–water partition coefficient (Wildman–Crippen LogP) is 2.96. The highest BCUT2D eigenvalue weighted by atomic mass is 35.5. The van der Waals surface area contributed by atoms with Crippen LogP contribution in [0.1, 0.15) is 19.0 Å². The molecule has 0 fully saturated rings. The quantitative estimate of drug-likeness (QED) is 0.137. The van der Waals surface area contributed by atoms with E-state index in [1.165, 1.54) is 51.2 Å². The van der Waals surface area contributed by atoms with Crippen LogP contribution in [0.5, 0.6) is 23.5 Å². The molecule has 0 unspecified atom stereocenters. The molecule has 27 heteroatoms. The molecule has 57 heavy (non-hydrogen) atoms. The van der Waals surface area contributed by atoms with Gasteiger partial charge in [0.25, 0.3) is 20.0 Å². The van der Waals surface area contributed by atoms with Crippen LogP contribution >= 0.6 is 23.2 Å². The highest BCUT2D eigenvalue weighted by Crippen LogP contribution is 2.24. The number of amides is 4. The highest BCUT2D eigenvalue weighted by Gasteiger charge is 2.29. The van der Waals surface area contributed by atoms with Crippen LogP contribution in [0.25, 0.3) is 11.3 Å². The van der Waals surface area contributed by atoms with E-state index in [0.717, 1.165) is 10.9 Å². The average Bonchev–Trinajstić information content (AvgIpc) is 3.69. The Morgan fingerprint density at radius 3 is 1.63 bits per heavy atom. The number of aromatic nitrogens is 9. The number of rotatable bonds is 12. The topological polar surface area (TPSA) is 287 Å². The number of carbonyl (C=O) groups is 2. The number of pyridine rings is 1. The summed E-state index contributed by atoms with van der Waals surface area (Å²) in [6.45, 7) is 1.96. The Morgan fingerprint density at radius 1 is 0.667 bits per heavy atom. The van der Waals surface area contributed by atoms with Gasteiger partial charge in [-0.3, -0.25) is 15.0 Å². The minimum Gasteiger partial charge on any atom is -0.481 e. The fourth-order valence-electron chi connectivity index (χ4n) is 4.66. The molecule has 0 aliphatic heterocycles. The lowest BCUT2D eigenvalue weighted by atomic mass is 10.2. The summed E-state index contributed by atoms with van der Waals surface area (Å²) in [5.74, 6) is -0.000662. The van der Waals surface area contributed by atoms with Gasteiger partial charge >= 0.3 is 12.1 Å². The highest BCUT2D eigenvalue weighted by molar-refractivity contribution is 7.90. The second kappa shape index (κ2) is 17.7. The number of imidazole rings is 2. The first kappa shape index (κ1) is 41.8. The van der Waals surface area contributed by atoms with Crippen LogP contribution in [0.15, 0.2) is 58.7 Å². The van der Waals surface area contributed by atoms with Crippen LogP contribution < -0.4 is 39.0 Å². The maximum Gasteiger partial charge on any atom is 0.335 e. The molecule has 4 N–H and O–H groups in total. The minimum absolute atomic E-state index is 0.109. The number of sulfonamides is 2. The molecular formula is C30H31Cl2N13O10S2. The summed E-state index contributed by atoms with van der Waals surface area (Å²) in [4.78, 5) is 47.9. The number of halogens is 2. The molecule has 6 aromatic rings. The molecule has 0 radical (unpaired) electrons. The van der Waals surface area contributed by atoms with Gasteiger partial charge in [-0.25, -0.2) is 29.0 Å². The molecule has 4 amide bonds. The standard InChI is InChI=1S/C16H18ClN7O5S.C14H13ClN6O5S/c1-4-5-9-6-7-10-18-13(17)14(24(10)22-9)30(26,27)23-16(25)21-15-19-11(28-2)8-12(20-15)29-3;1-25-9-7-10(26-2)18-13(17-9)19-14(22)20-27(23,24)12-11(15)16-8-5-3-4-6-21(8)12/h6-8H,4-5H2,1-3H3,(H2,19,20,21,23,25);3-7H,1-2H3,(H2,17,18,19,20,22). The molecule has 6 rings (SSSR count). The van der Waals surface area contributed by atoms with E-state index in [0.29, 0.717) is 17.8 Å². The number of carbonyl (C=O) groups excluding carboxylic acids is 2. The van der Waals surface area contributed by atoms with E-state index in [9.17, 15) is 26.4 Å². The van der Waals surface area contributed by atoms with Gasteiger partial charge in [0.15, 0.2) is 21.0 Å². The average molecular weight is 869 g/mol. The van der Waals surface area contributed by atoms with Gasteiger partial charge in [0, 0.05) is 6.20 Å². The number of hydrogen-bond donors (Lipinski definition) is 4. The number of nitrogens with one attached hydrogen (secondary N) is 4. The van der Waals surface area contributed by atoms with Crippen LogP contribution in [-0.2, 0) is 26.5 Å². The molecule has 0 aliphatic carbocycles. The first-order valence-corrected chi connectivity index (χ1v) is 19.6. The third-order valence-electron chi connectivity index (χ3n) is 7.01. The Hall–Kier alpha value is -6.31. The van der Waals surface area contributed by atoms with Gasteiger partial charge in [0.2, 0.25) is 40.4 Å². The normalized spacial score (nSPS) is 11.3. The van der Waals surface area contributed by atoms with Crippen LogP contribution in [0.4, 0.5) is 21.5 Å². The zero-order valence-electron chi connectivity index (χ0n) is 30.2. The summed E-state index contributed by atoms with van der Waals surface area (Å²) in [5.41, 5.74) is 1.18. The van der Waals surface area contributed by atoms with E-state index < -0.39 is 37.1 Å². The van der Waals surface area contributed by atoms with Crippen LogP contribution in [-0.4, -0.2) is 101 Å². The van der Waals surface area contributed by atoms with E-state index >= 15 is 0 Å². The molecule has 0 bridgehead atoms. The predicted molar refractivity (Wildman–Crippen MR) is 201 cm³/mol. The second-order valence-corrected chi connectivity index (χ2v) is 14.8. The molecule has 0 saturated heterocycles. The Morgan fingerprint density at radius 2 is 1.14 bits per heavy atom. The summed E-state index contributed by atoms with van der Waals surface area (Å²) in [7, 11) is -3.31. The summed E-state index contributed by atoms with van der Waals surface area (Å²) in [6.07, 6.45) is 2.90. The van der Waals surface area contributed by atoms with Crippen molar-refractivity contribution in [3.05, 3.63) is 64.7 Å². The van der Waals surface area contributed by atoms with Gasteiger partial charge in [-0.05, 0) is 30.7 Å². The number of urea groups is 2. The summed E-state index contributed by atoms with van der Waals surface area (Å²) in [5, 5.41) is 7.21. The number of anilines is 2. The van der Waals surface area contributed by atoms with E-state index in [1.54, 1.807) is 30.3 Å². The van der Waals surface area contributed by atoms with Crippen molar-refractivity contribution < 1.29 is 45.4 Å². The molecule has 23 nitrogen and oxygen atoms in total. The van der Waals surface area contributed by atoms with Crippen LogP contribution in [0.2, 0.25) is 10.3 Å². The third-order valence-corrected chi connectivity index (χ3v) is 10.4. The molecule has 0 aromatic carbocycles. The van der Waals surface area contributed by atoms with Gasteiger partial charge < -0.3 is 18.9 Å². The SMILES string of the molecule is CCCc1ccc2nc(Cl)c(S(=O)(=O)NC(=O)Nc3nc(OC)cc(OC)n3)n2n1.COc1cc(OC)nc(NC(=O)NS(=O)(=O)c2c(Cl)nc3ccccn23)n1. The smallest absolute Gasteiger partial charge is 0.335 e. The lowest BCUT2D eigenvalue weighted by molar-refractivity contribution is 0.255. The molecule has 0 atom stereocenters. The number of nitrogens with zero attached hydrogens (tertiary/aromatic N) is 9. The number of methoxy groups -OCH3 is 4. The fraction of sp³-hybridized carbons (Fsp3) is 0.233. The van der Waals surface area contributed by atoms with Crippen molar-refractivity contribution in [2.75, 3.05) is 39.1 Å². The van der Waals surface area contributed by atoms with Gasteiger partial charge in [0.1, 0.15) is 5.65 Å². The fourth-order valence-corrected chi connectivity index (χ4v) is 7.70. The first-order valence-electron chi connectivity index (χ1n) is 15.9. The van der Waals surface area contributed by atoms with Gasteiger partial charge in [-0.2, -0.15) is 46.4 Å². The Balaban J connectivity index is 0.000000219. The van der Waals surface area contributed by atoms with Gasteiger partial charge in [-0.1, -0.05) is 42.6 Å². The Bertz CT molecular complexity index is 2630. The lowest BCUT2D eigenvalue weighted by Gasteiger charge is -2.09. The molecule has 0 spiro atoms. The summed E-state index contributed by atoms with van der Waals surface area (Å²) in [6, 6.07) is 8.71. The van der Waals surface area contributed by atoms with E-state index in [2.05, 4.69) is 45.6 Å². The molecule has 6 aromatic heterocycles. The van der Waals surface area contributed by atoms with Crippen molar-refractivity contribution in [1.82, 2.24) is 53.4 Å². The van der Waals surface area contributed by atoms with E-state index in [4.69, 9.17) is 42.1 Å². The monoisotopic (exact) mass is 867 g/mol. The van der Waals surface area contributed by atoms with Crippen molar-refractivity contribution in [1.29, 1.82) is 0 Å². The molecule has 0 aliphatic rings. The number of ether oxygens (including phenoxy) is 4. The maximum absolute atomic E-state index is 12.8. The maximum atomic E-state index is 12.8. The van der Waals surface area contributed by atoms with Crippen molar-refractivity contribution in [2.45, 2.75) is 29.8 Å². The summed E-state index contributed by atoms with van der Waals surface area (Å²) >= 11 is 12.0. The van der Waals surface area contributed by atoms with Gasteiger partial charge in [0.05, 0.1) is 46.3 Å². The van der Waals surface area contributed by atoms with Gasteiger partial charge in [-0.15, -0.1) is 0 Å². The molecular weight excluding hydrogens is 837 g/mol. The largest absolute Gasteiger partial charge is 0.481 e. The molecule has 302 valence electrons. The zero-order valence-corrected chi connectivity index (χ0v) is 33.4. The van der Waals surface area contributed by atoms with E-state index in [1.807, 2.05) is 16.4 Å².